The number of nitrogens with zero attached hydrogens (tertiary/aromatic N) is 3. The van der Waals surface area contributed by atoms with E-state index in [0.29, 0.717) is 6.61 Å². The Morgan fingerprint density at radius 1 is 1.50 bits per heavy atom. The lowest BCUT2D eigenvalue weighted by atomic mass is 10.2. The summed E-state index contributed by atoms with van der Waals surface area (Å²) in [6.45, 7) is 2.24. The first-order chi connectivity index (χ1) is 10.7. The van der Waals surface area contributed by atoms with Gasteiger partial charge in [0.15, 0.2) is 0 Å². The molecule has 0 aliphatic carbocycles. The van der Waals surface area contributed by atoms with Gasteiger partial charge in [-0.2, -0.15) is 0 Å². The summed E-state index contributed by atoms with van der Waals surface area (Å²) in [4.78, 5) is 20.0. The molecule has 1 aromatic carbocycles. The predicted octanol–water partition coefficient (Wildman–Crippen LogP) is 2.02. The summed E-state index contributed by atoms with van der Waals surface area (Å²) in [5.41, 5.74) is 2.91. The molecular formula is C16H20N4O2. The fourth-order valence-electron chi connectivity index (χ4n) is 2.63. The van der Waals surface area contributed by atoms with Crippen LogP contribution in [0.15, 0.2) is 35.0 Å². The molecule has 1 N–H and O–H groups in total. The number of allylic oxidation sites excluding steroid dienone is 1. The maximum absolute atomic E-state index is 11.8. The highest BCUT2D eigenvalue weighted by atomic mass is 16.5. The molecule has 2 heterocycles. The number of ether oxygens (including phenoxy) is 1. The monoisotopic (exact) mass is 300 g/mol. The second-order valence-electron chi connectivity index (χ2n) is 5.28. The number of fused-ring (bicyclic) bond motifs is 1. The van der Waals surface area contributed by atoms with Crippen molar-refractivity contribution in [3.63, 3.8) is 0 Å². The number of hydrogen-bond donors (Lipinski definition) is 1. The van der Waals surface area contributed by atoms with Gasteiger partial charge in [-0.25, -0.2) is 4.79 Å². The zero-order valence-electron chi connectivity index (χ0n) is 12.9. The zero-order valence-corrected chi connectivity index (χ0v) is 12.9. The molecule has 116 valence electrons. The van der Waals surface area contributed by atoms with Gasteiger partial charge in [0.05, 0.1) is 24.5 Å². The minimum atomic E-state index is -0.147. The number of carbonyl (C=O) groups excluding carboxylic acids is 1. The van der Waals surface area contributed by atoms with Gasteiger partial charge in [0.2, 0.25) is 0 Å². The average Bonchev–Trinajstić information content (AvgIpc) is 3.06. The molecule has 6 nitrogen and oxygen atoms in total. The SMILES string of the molecule is CNC(=O)N(C)c1ccc2c(c1)N(CC1=CCC=N1)CCO2. The zero-order chi connectivity index (χ0) is 15.5. The molecule has 1 aromatic rings. The highest BCUT2D eigenvalue weighted by molar-refractivity contribution is 5.92. The predicted molar refractivity (Wildman–Crippen MR) is 88.2 cm³/mol. The molecule has 3 rings (SSSR count). The van der Waals surface area contributed by atoms with Crippen molar-refractivity contribution in [1.29, 1.82) is 0 Å². The van der Waals surface area contributed by atoms with Crippen molar-refractivity contribution < 1.29 is 9.53 Å². The summed E-state index contributed by atoms with van der Waals surface area (Å²) in [7, 11) is 3.37. The Morgan fingerprint density at radius 2 is 2.36 bits per heavy atom. The second kappa shape index (κ2) is 6.09. The summed E-state index contributed by atoms with van der Waals surface area (Å²) in [6.07, 6.45) is 4.97. The van der Waals surface area contributed by atoms with Crippen molar-refractivity contribution in [2.45, 2.75) is 6.42 Å². The van der Waals surface area contributed by atoms with Crippen molar-refractivity contribution in [1.82, 2.24) is 5.32 Å². The van der Waals surface area contributed by atoms with E-state index in [1.54, 1.807) is 19.0 Å². The van der Waals surface area contributed by atoms with E-state index in [0.717, 1.165) is 42.3 Å². The first-order valence-electron chi connectivity index (χ1n) is 7.38. The molecule has 0 saturated heterocycles. The van der Waals surface area contributed by atoms with Crippen LogP contribution < -0.4 is 19.9 Å². The van der Waals surface area contributed by atoms with Crippen LogP contribution >= 0.6 is 0 Å². The average molecular weight is 300 g/mol. The summed E-state index contributed by atoms with van der Waals surface area (Å²) in [5, 5.41) is 2.63. The Balaban J connectivity index is 1.87. The lowest BCUT2D eigenvalue weighted by Crippen LogP contribution is -2.36. The topological polar surface area (TPSA) is 57.2 Å². The largest absolute Gasteiger partial charge is 0.490 e. The second-order valence-corrected chi connectivity index (χ2v) is 5.28. The quantitative estimate of drug-likeness (QED) is 0.929. The number of anilines is 2. The van der Waals surface area contributed by atoms with Gasteiger partial charge in [-0.3, -0.25) is 9.89 Å². The molecule has 0 spiro atoms. The standard InChI is InChI=1S/C16H20N4O2/c1-17-16(21)19(2)13-5-6-15-14(10-13)20(8-9-22-15)11-12-4-3-7-18-12/h4-7,10H,3,8-9,11H2,1-2H3,(H,17,21). The normalized spacial score (nSPS) is 15.9. The van der Waals surface area contributed by atoms with E-state index in [4.69, 9.17) is 4.74 Å². The first-order valence-corrected chi connectivity index (χ1v) is 7.38. The Bertz CT molecular complexity index is 639. The molecule has 2 aliphatic rings. The molecule has 2 amide bonds. The molecule has 0 bridgehead atoms. The third-order valence-corrected chi connectivity index (χ3v) is 3.88. The van der Waals surface area contributed by atoms with Gasteiger partial charge in [-0.1, -0.05) is 6.08 Å². The Hall–Kier alpha value is -2.50. The number of aliphatic imine (C=N–C) groups is 1. The number of hydrogen-bond acceptors (Lipinski definition) is 4. The van der Waals surface area contributed by atoms with E-state index in [-0.39, 0.29) is 6.03 Å². The van der Waals surface area contributed by atoms with Crippen molar-refractivity contribution >= 4 is 23.6 Å². The molecule has 6 heteroatoms. The maximum Gasteiger partial charge on any atom is 0.321 e. The van der Waals surface area contributed by atoms with Gasteiger partial charge in [-0.05, 0) is 18.2 Å². The highest BCUT2D eigenvalue weighted by Gasteiger charge is 2.21. The molecule has 2 aliphatic heterocycles. The molecule has 22 heavy (non-hydrogen) atoms. The number of carbonyl (C=O) groups is 1. The van der Waals surface area contributed by atoms with E-state index < -0.39 is 0 Å². The van der Waals surface area contributed by atoms with Gasteiger partial charge in [0.1, 0.15) is 12.4 Å². The summed E-state index contributed by atoms with van der Waals surface area (Å²) in [6, 6.07) is 5.65. The van der Waals surface area contributed by atoms with Crippen LogP contribution in [-0.2, 0) is 0 Å². The number of urea groups is 1. The third kappa shape index (κ3) is 2.77. The number of amides is 2. The van der Waals surface area contributed by atoms with Gasteiger partial charge in [-0.15, -0.1) is 0 Å². The van der Waals surface area contributed by atoms with Crippen LogP contribution in [-0.4, -0.2) is 46.0 Å². The minimum absolute atomic E-state index is 0.147. The lowest BCUT2D eigenvalue weighted by molar-refractivity contribution is 0.249. The molecule has 0 atom stereocenters. The van der Waals surface area contributed by atoms with Crippen molar-refractivity contribution in [3.05, 3.63) is 30.0 Å². The minimum Gasteiger partial charge on any atom is -0.490 e. The van der Waals surface area contributed by atoms with Crippen LogP contribution in [0.3, 0.4) is 0 Å². The van der Waals surface area contributed by atoms with Gasteiger partial charge < -0.3 is 15.0 Å². The summed E-state index contributed by atoms with van der Waals surface area (Å²) in [5.74, 6) is 0.850. The smallest absolute Gasteiger partial charge is 0.321 e. The van der Waals surface area contributed by atoms with Gasteiger partial charge >= 0.3 is 6.03 Å². The van der Waals surface area contributed by atoms with Crippen molar-refractivity contribution in [3.8, 4) is 5.75 Å². The van der Waals surface area contributed by atoms with Crippen LogP contribution in [0.5, 0.6) is 5.75 Å². The van der Waals surface area contributed by atoms with E-state index in [1.807, 2.05) is 24.4 Å². The number of rotatable bonds is 3. The van der Waals surface area contributed by atoms with Crippen LogP contribution in [0.2, 0.25) is 0 Å². The molecule has 0 aromatic heterocycles. The van der Waals surface area contributed by atoms with Crippen LogP contribution in [0.4, 0.5) is 16.2 Å². The Kier molecular flexibility index (Phi) is 4.00. The van der Waals surface area contributed by atoms with E-state index in [1.165, 1.54) is 0 Å². The molecular weight excluding hydrogens is 280 g/mol. The van der Waals surface area contributed by atoms with Crippen molar-refractivity contribution in [2.24, 2.45) is 4.99 Å². The highest BCUT2D eigenvalue weighted by Crippen LogP contribution is 2.35. The third-order valence-electron chi connectivity index (χ3n) is 3.88. The van der Waals surface area contributed by atoms with E-state index >= 15 is 0 Å². The Morgan fingerprint density at radius 3 is 3.09 bits per heavy atom. The maximum atomic E-state index is 11.8. The molecule has 0 saturated carbocycles. The molecule has 0 fully saturated rings. The van der Waals surface area contributed by atoms with Crippen molar-refractivity contribution in [2.75, 3.05) is 43.6 Å². The first kappa shape index (κ1) is 14.4. The summed E-state index contributed by atoms with van der Waals surface area (Å²) >= 11 is 0. The van der Waals surface area contributed by atoms with Crippen LogP contribution in [0.1, 0.15) is 6.42 Å². The fraction of sp³-hybridized carbons (Fsp3) is 0.375. The molecule has 0 unspecified atom stereocenters. The Labute approximate surface area is 130 Å². The van der Waals surface area contributed by atoms with E-state index in [2.05, 4.69) is 21.3 Å². The van der Waals surface area contributed by atoms with Crippen LogP contribution in [0, 0.1) is 0 Å². The fourth-order valence-corrected chi connectivity index (χ4v) is 2.63. The number of nitrogens with one attached hydrogen (secondary N) is 1. The number of benzene rings is 1. The summed E-state index contributed by atoms with van der Waals surface area (Å²) < 4.78 is 5.72. The molecule has 0 radical (unpaired) electrons. The van der Waals surface area contributed by atoms with E-state index in [9.17, 15) is 4.79 Å². The van der Waals surface area contributed by atoms with Crippen LogP contribution in [0.25, 0.3) is 0 Å². The lowest BCUT2D eigenvalue weighted by Gasteiger charge is -2.32. The van der Waals surface area contributed by atoms with Gasteiger partial charge in [0, 0.05) is 32.4 Å². The van der Waals surface area contributed by atoms with Gasteiger partial charge in [0.25, 0.3) is 0 Å².